The SMILES string of the molecule is CCCNc1c(F)cc(C(=O)N2CCSCC2C)cc1F. The van der Waals surface area contributed by atoms with Gasteiger partial charge in [-0.1, -0.05) is 6.92 Å². The summed E-state index contributed by atoms with van der Waals surface area (Å²) in [6, 6.07) is 2.33. The van der Waals surface area contributed by atoms with Gasteiger partial charge >= 0.3 is 0 Å². The molecule has 1 heterocycles. The topological polar surface area (TPSA) is 32.3 Å². The zero-order valence-electron chi connectivity index (χ0n) is 12.3. The number of rotatable bonds is 4. The van der Waals surface area contributed by atoms with Crippen LogP contribution in [-0.4, -0.2) is 41.4 Å². The Morgan fingerprint density at radius 2 is 2.10 bits per heavy atom. The summed E-state index contributed by atoms with van der Waals surface area (Å²) in [6.45, 7) is 4.97. The van der Waals surface area contributed by atoms with Gasteiger partial charge in [0.15, 0.2) is 0 Å². The summed E-state index contributed by atoms with van der Waals surface area (Å²) in [5.41, 5.74) is -0.0820. The first-order valence-corrected chi connectivity index (χ1v) is 8.31. The highest BCUT2D eigenvalue weighted by Gasteiger charge is 2.26. The fraction of sp³-hybridized carbons (Fsp3) is 0.533. The third-order valence-corrected chi connectivity index (χ3v) is 4.66. The van der Waals surface area contributed by atoms with Gasteiger partial charge in [-0.2, -0.15) is 11.8 Å². The largest absolute Gasteiger partial charge is 0.380 e. The smallest absolute Gasteiger partial charge is 0.254 e. The summed E-state index contributed by atoms with van der Waals surface area (Å²) in [6.07, 6.45) is 0.766. The Balaban J connectivity index is 2.22. The summed E-state index contributed by atoms with van der Waals surface area (Å²) in [5.74, 6) is -0.0244. The highest BCUT2D eigenvalue weighted by atomic mass is 32.2. The quantitative estimate of drug-likeness (QED) is 0.925. The number of halogens is 2. The third kappa shape index (κ3) is 3.67. The van der Waals surface area contributed by atoms with E-state index < -0.39 is 11.6 Å². The molecule has 2 rings (SSSR count). The maximum absolute atomic E-state index is 14.0. The molecule has 1 amide bonds. The summed E-state index contributed by atoms with van der Waals surface area (Å²) in [7, 11) is 0. The van der Waals surface area contributed by atoms with Gasteiger partial charge in [0, 0.05) is 36.2 Å². The van der Waals surface area contributed by atoms with E-state index >= 15 is 0 Å². The van der Waals surface area contributed by atoms with Gasteiger partial charge in [0.25, 0.3) is 5.91 Å². The Hall–Kier alpha value is -1.30. The Morgan fingerprint density at radius 3 is 2.67 bits per heavy atom. The highest BCUT2D eigenvalue weighted by molar-refractivity contribution is 7.99. The number of anilines is 1. The molecule has 0 radical (unpaired) electrons. The lowest BCUT2D eigenvalue weighted by atomic mass is 10.1. The van der Waals surface area contributed by atoms with Crippen LogP contribution in [0.2, 0.25) is 0 Å². The van der Waals surface area contributed by atoms with Gasteiger partial charge in [-0.3, -0.25) is 4.79 Å². The van der Waals surface area contributed by atoms with Crippen LogP contribution >= 0.6 is 11.8 Å². The van der Waals surface area contributed by atoms with Crippen molar-refractivity contribution < 1.29 is 13.6 Å². The molecule has 1 saturated heterocycles. The zero-order chi connectivity index (χ0) is 15.4. The van der Waals surface area contributed by atoms with Gasteiger partial charge in [-0.15, -0.1) is 0 Å². The number of nitrogens with one attached hydrogen (secondary N) is 1. The van der Waals surface area contributed by atoms with Gasteiger partial charge < -0.3 is 10.2 Å². The van der Waals surface area contributed by atoms with Crippen LogP contribution in [0.25, 0.3) is 0 Å². The molecule has 21 heavy (non-hydrogen) atoms. The van der Waals surface area contributed by atoms with Crippen molar-refractivity contribution in [3.05, 3.63) is 29.3 Å². The molecule has 3 nitrogen and oxygen atoms in total. The lowest BCUT2D eigenvalue weighted by Crippen LogP contribution is -2.44. The number of nitrogens with zero attached hydrogens (tertiary/aromatic N) is 1. The van der Waals surface area contributed by atoms with E-state index in [4.69, 9.17) is 0 Å². The van der Waals surface area contributed by atoms with E-state index in [2.05, 4.69) is 5.32 Å². The third-order valence-electron chi connectivity index (χ3n) is 3.47. The molecule has 1 atom stereocenters. The predicted octanol–water partition coefficient (Wildman–Crippen LogP) is 3.36. The lowest BCUT2D eigenvalue weighted by molar-refractivity contribution is 0.0715. The van der Waals surface area contributed by atoms with Crippen molar-refractivity contribution in [3.63, 3.8) is 0 Å². The molecule has 0 spiro atoms. The van der Waals surface area contributed by atoms with E-state index in [9.17, 15) is 13.6 Å². The van der Waals surface area contributed by atoms with Crippen LogP contribution in [0.3, 0.4) is 0 Å². The molecule has 1 aliphatic heterocycles. The molecule has 0 saturated carbocycles. The molecular formula is C15H20F2N2OS. The first-order valence-electron chi connectivity index (χ1n) is 7.16. The normalized spacial score (nSPS) is 18.7. The standard InChI is InChI=1S/C15H20F2N2OS/c1-3-4-18-14-12(16)7-11(8-13(14)17)15(20)19-5-6-21-9-10(19)2/h7-8,10,18H,3-6,9H2,1-2H3. The fourth-order valence-electron chi connectivity index (χ4n) is 2.31. The van der Waals surface area contributed by atoms with Crippen LogP contribution in [0.15, 0.2) is 12.1 Å². The van der Waals surface area contributed by atoms with Gasteiger partial charge in [0.05, 0.1) is 0 Å². The molecule has 0 bridgehead atoms. The Labute approximate surface area is 128 Å². The summed E-state index contributed by atoms with van der Waals surface area (Å²) < 4.78 is 28.0. The predicted molar refractivity (Wildman–Crippen MR) is 83.0 cm³/mol. The molecule has 1 aromatic carbocycles. The molecule has 1 aliphatic rings. The van der Waals surface area contributed by atoms with E-state index in [0.717, 1.165) is 30.1 Å². The van der Waals surface area contributed by atoms with Crippen LogP contribution in [0.5, 0.6) is 0 Å². The minimum absolute atomic E-state index is 0.0748. The van der Waals surface area contributed by atoms with Gasteiger partial charge in [-0.25, -0.2) is 8.78 Å². The number of carbonyl (C=O) groups excluding carboxylic acids is 1. The van der Waals surface area contributed by atoms with Crippen molar-refractivity contribution in [2.75, 3.05) is 29.9 Å². The van der Waals surface area contributed by atoms with E-state index in [1.165, 1.54) is 0 Å². The summed E-state index contributed by atoms with van der Waals surface area (Å²) in [5, 5.41) is 2.71. The van der Waals surface area contributed by atoms with Crippen molar-refractivity contribution in [2.24, 2.45) is 0 Å². The number of amides is 1. The molecule has 0 aliphatic carbocycles. The molecule has 1 N–H and O–H groups in total. The van der Waals surface area contributed by atoms with E-state index in [1.54, 1.807) is 16.7 Å². The molecule has 1 aromatic rings. The second-order valence-corrected chi connectivity index (χ2v) is 6.31. The zero-order valence-corrected chi connectivity index (χ0v) is 13.1. The first-order chi connectivity index (χ1) is 10.0. The summed E-state index contributed by atoms with van der Waals surface area (Å²) >= 11 is 1.79. The average molecular weight is 314 g/mol. The van der Waals surface area contributed by atoms with E-state index in [0.29, 0.717) is 13.1 Å². The van der Waals surface area contributed by atoms with Gasteiger partial charge in [0.2, 0.25) is 0 Å². The average Bonchev–Trinajstić information content (AvgIpc) is 2.46. The number of thioether (sulfide) groups is 1. The minimum Gasteiger partial charge on any atom is -0.380 e. The van der Waals surface area contributed by atoms with Crippen molar-refractivity contribution in [1.82, 2.24) is 4.90 Å². The molecule has 1 unspecified atom stereocenters. The second-order valence-electron chi connectivity index (χ2n) is 5.16. The van der Waals surface area contributed by atoms with Crippen molar-refractivity contribution in [1.29, 1.82) is 0 Å². The number of carbonyl (C=O) groups is 1. The molecular weight excluding hydrogens is 294 g/mol. The van der Waals surface area contributed by atoms with Crippen LogP contribution in [0.1, 0.15) is 30.6 Å². The van der Waals surface area contributed by atoms with Crippen molar-refractivity contribution in [3.8, 4) is 0 Å². The van der Waals surface area contributed by atoms with Crippen molar-refractivity contribution >= 4 is 23.4 Å². The molecule has 116 valence electrons. The Kier molecular flexibility index (Phi) is 5.45. The number of benzene rings is 1. The van der Waals surface area contributed by atoms with Gasteiger partial charge in [-0.05, 0) is 25.5 Å². The lowest BCUT2D eigenvalue weighted by Gasteiger charge is -2.33. The highest BCUT2D eigenvalue weighted by Crippen LogP contribution is 2.24. The number of hydrogen-bond donors (Lipinski definition) is 1. The van der Waals surface area contributed by atoms with Crippen LogP contribution < -0.4 is 5.32 Å². The second kappa shape index (κ2) is 7.11. The Bertz CT molecular complexity index is 501. The first kappa shape index (κ1) is 16.1. The van der Waals surface area contributed by atoms with Crippen molar-refractivity contribution in [2.45, 2.75) is 26.3 Å². The maximum Gasteiger partial charge on any atom is 0.254 e. The molecule has 6 heteroatoms. The number of hydrogen-bond acceptors (Lipinski definition) is 3. The molecule has 1 fully saturated rings. The van der Waals surface area contributed by atoms with Crippen LogP contribution in [0.4, 0.5) is 14.5 Å². The minimum atomic E-state index is -0.717. The fourth-order valence-corrected chi connectivity index (χ4v) is 3.32. The monoisotopic (exact) mass is 314 g/mol. The maximum atomic E-state index is 14.0. The van der Waals surface area contributed by atoms with E-state index in [1.807, 2.05) is 13.8 Å². The summed E-state index contributed by atoms with van der Waals surface area (Å²) in [4.78, 5) is 14.1. The van der Waals surface area contributed by atoms with Crippen LogP contribution in [-0.2, 0) is 0 Å². The van der Waals surface area contributed by atoms with Crippen LogP contribution in [0, 0.1) is 11.6 Å². The Morgan fingerprint density at radius 1 is 1.43 bits per heavy atom. The van der Waals surface area contributed by atoms with E-state index in [-0.39, 0.29) is 23.2 Å². The molecule has 0 aromatic heterocycles. The van der Waals surface area contributed by atoms with Gasteiger partial charge in [0.1, 0.15) is 17.3 Å².